The van der Waals surface area contributed by atoms with E-state index in [9.17, 15) is 4.79 Å². The highest BCUT2D eigenvalue weighted by Gasteiger charge is 2.11. The van der Waals surface area contributed by atoms with E-state index < -0.39 is 0 Å². The first-order valence-electron chi connectivity index (χ1n) is 6.45. The van der Waals surface area contributed by atoms with E-state index in [2.05, 4.69) is 4.98 Å². The maximum atomic E-state index is 11.2. The minimum Gasteiger partial charge on any atom is -0.493 e. The molecule has 0 fully saturated rings. The Balaban J connectivity index is 2.11. The van der Waals surface area contributed by atoms with Gasteiger partial charge in [-0.15, -0.1) is 11.8 Å². The third-order valence-electron chi connectivity index (χ3n) is 3.00. The summed E-state index contributed by atoms with van der Waals surface area (Å²) < 4.78 is 10.6. The van der Waals surface area contributed by atoms with Crippen molar-refractivity contribution in [1.29, 1.82) is 0 Å². The van der Waals surface area contributed by atoms with Gasteiger partial charge in [-0.05, 0) is 19.1 Å². The van der Waals surface area contributed by atoms with Crippen LogP contribution < -0.4 is 9.47 Å². The van der Waals surface area contributed by atoms with Crippen LogP contribution in [0.5, 0.6) is 11.5 Å². The molecule has 0 unspecified atom stereocenters. The van der Waals surface area contributed by atoms with Crippen molar-refractivity contribution < 1.29 is 14.3 Å². The molecule has 0 saturated carbocycles. The van der Waals surface area contributed by atoms with Crippen LogP contribution in [-0.4, -0.2) is 25.0 Å². The van der Waals surface area contributed by atoms with E-state index in [0.29, 0.717) is 17.3 Å². The lowest BCUT2D eigenvalue weighted by Gasteiger charge is -2.11. The lowest BCUT2D eigenvalue weighted by molar-refractivity contribution is 0.101. The number of ketones is 1. The summed E-state index contributed by atoms with van der Waals surface area (Å²) >= 11 is 1.63. The van der Waals surface area contributed by atoms with Crippen LogP contribution in [-0.2, 0) is 5.75 Å². The first-order valence-corrected chi connectivity index (χ1v) is 7.44. The van der Waals surface area contributed by atoms with Crippen molar-refractivity contribution in [2.45, 2.75) is 17.6 Å². The number of aromatic nitrogens is 1. The Bertz CT molecular complexity index is 626. The molecule has 21 heavy (non-hydrogen) atoms. The van der Waals surface area contributed by atoms with E-state index in [1.807, 2.05) is 24.3 Å². The molecule has 0 saturated heterocycles. The first-order chi connectivity index (χ1) is 10.2. The summed E-state index contributed by atoms with van der Waals surface area (Å²) in [5.41, 5.74) is 1.55. The number of carbonyl (C=O) groups excluding carboxylic acids is 1. The zero-order chi connectivity index (χ0) is 15.2. The van der Waals surface area contributed by atoms with E-state index >= 15 is 0 Å². The highest BCUT2D eigenvalue weighted by atomic mass is 32.2. The molecule has 1 heterocycles. The maximum Gasteiger partial charge on any atom is 0.183 e. The van der Waals surface area contributed by atoms with Crippen molar-refractivity contribution in [2.75, 3.05) is 14.2 Å². The van der Waals surface area contributed by atoms with Crippen LogP contribution >= 0.6 is 11.8 Å². The number of Topliss-reactive ketones (excluding diaryl/α,β-unsaturated/α-hetero) is 1. The molecule has 0 amide bonds. The molecule has 0 bridgehead atoms. The molecule has 0 spiro atoms. The zero-order valence-corrected chi connectivity index (χ0v) is 13.1. The fourth-order valence-corrected chi connectivity index (χ4v) is 2.73. The molecule has 1 aromatic carbocycles. The van der Waals surface area contributed by atoms with Crippen molar-refractivity contribution >= 4 is 17.5 Å². The average molecular weight is 303 g/mol. The van der Waals surface area contributed by atoms with Gasteiger partial charge in [0.05, 0.1) is 19.9 Å². The van der Waals surface area contributed by atoms with E-state index in [-0.39, 0.29) is 5.78 Å². The average Bonchev–Trinajstić information content (AvgIpc) is 2.52. The zero-order valence-electron chi connectivity index (χ0n) is 12.3. The highest BCUT2D eigenvalue weighted by molar-refractivity contribution is 7.98. The topological polar surface area (TPSA) is 48.4 Å². The summed E-state index contributed by atoms with van der Waals surface area (Å²) in [4.78, 5) is 16.7. The SMILES string of the molecule is COc1ccnc(CSc2ccc(C(C)=O)cc2)c1OC. The van der Waals surface area contributed by atoms with Gasteiger partial charge in [0.25, 0.3) is 0 Å². The molecule has 0 radical (unpaired) electrons. The number of nitrogens with zero attached hydrogens (tertiary/aromatic N) is 1. The van der Waals surface area contributed by atoms with Crippen LogP contribution in [0.1, 0.15) is 23.0 Å². The molecular formula is C16H17NO3S. The van der Waals surface area contributed by atoms with Gasteiger partial charge in [-0.25, -0.2) is 0 Å². The number of methoxy groups -OCH3 is 2. The van der Waals surface area contributed by atoms with Gasteiger partial charge < -0.3 is 9.47 Å². The van der Waals surface area contributed by atoms with Gasteiger partial charge in [0.2, 0.25) is 0 Å². The van der Waals surface area contributed by atoms with Gasteiger partial charge in [0.15, 0.2) is 17.3 Å². The number of hydrogen-bond donors (Lipinski definition) is 0. The third kappa shape index (κ3) is 3.76. The van der Waals surface area contributed by atoms with Gasteiger partial charge in [-0.3, -0.25) is 9.78 Å². The van der Waals surface area contributed by atoms with Crippen molar-refractivity contribution in [1.82, 2.24) is 4.98 Å². The van der Waals surface area contributed by atoms with Gasteiger partial charge >= 0.3 is 0 Å². The molecular weight excluding hydrogens is 286 g/mol. The van der Waals surface area contributed by atoms with Crippen LogP contribution in [0.15, 0.2) is 41.4 Å². The van der Waals surface area contributed by atoms with Crippen molar-refractivity contribution in [2.24, 2.45) is 0 Å². The molecule has 110 valence electrons. The molecule has 0 atom stereocenters. The van der Waals surface area contributed by atoms with Crippen LogP contribution in [0.3, 0.4) is 0 Å². The fourth-order valence-electron chi connectivity index (χ4n) is 1.89. The highest BCUT2D eigenvalue weighted by Crippen LogP contribution is 2.33. The predicted octanol–water partition coefficient (Wildman–Crippen LogP) is 3.59. The van der Waals surface area contributed by atoms with E-state index in [4.69, 9.17) is 9.47 Å². The Kier molecular flexibility index (Phi) is 5.22. The second kappa shape index (κ2) is 7.13. The molecule has 2 rings (SSSR count). The molecule has 0 N–H and O–H groups in total. The predicted molar refractivity (Wildman–Crippen MR) is 83.3 cm³/mol. The van der Waals surface area contributed by atoms with E-state index in [1.54, 1.807) is 45.2 Å². The minimum absolute atomic E-state index is 0.0719. The summed E-state index contributed by atoms with van der Waals surface area (Å²) in [5.74, 6) is 2.07. The van der Waals surface area contributed by atoms with Crippen molar-refractivity contribution in [3.63, 3.8) is 0 Å². The molecule has 0 aliphatic heterocycles. The number of thioether (sulfide) groups is 1. The maximum absolute atomic E-state index is 11.2. The molecule has 2 aromatic rings. The van der Waals surface area contributed by atoms with Crippen molar-refractivity contribution in [3.05, 3.63) is 47.8 Å². The van der Waals surface area contributed by atoms with Crippen LogP contribution in [0, 0.1) is 0 Å². The number of hydrogen-bond acceptors (Lipinski definition) is 5. The number of pyridine rings is 1. The quantitative estimate of drug-likeness (QED) is 0.603. The Morgan fingerprint density at radius 3 is 2.43 bits per heavy atom. The van der Waals surface area contributed by atoms with Crippen LogP contribution in [0.2, 0.25) is 0 Å². The minimum atomic E-state index is 0.0719. The lowest BCUT2D eigenvalue weighted by Crippen LogP contribution is -1.97. The lowest BCUT2D eigenvalue weighted by atomic mass is 10.2. The molecule has 0 aliphatic carbocycles. The Labute approximate surface area is 128 Å². The fraction of sp³-hybridized carbons (Fsp3) is 0.250. The van der Waals surface area contributed by atoms with E-state index in [1.165, 1.54) is 0 Å². The Morgan fingerprint density at radius 2 is 1.86 bits per heavy atom. The Hall–Kier alpha value is -2.01. The molecule has 1 aromatic heterocycles. The van der Waals surface area contributed by atoms with Crippen molar-refractivity contribution in [3.8, 4) is 11.5 Å². The second-order valence-electron chi connectivity index (χ2n) is 4.36. The third-order valence-corrected chi connectivity index (χ3v) is 4.03. The second-order valence-corrected chi connectivity index (χ2v) is 5.41. The summed E-state index contributed by atoms with van der Waals surface area (Å²) in [7, 11) is 3.21. The number of rotatable bonds is 6. The summed E-state index contributed by atoms with van der Waals surface area (Å²) in [6.07, 6.45) is 1.70. The van der Waals surface area contributed by atoms with E-state index in [0.717, 1.165) is 16.2 Å². The van der Waals surface area contributed by atoms with Gasteiger partial charge in [-0.1, -0.05) is 12.1 Å². The van der Waals surface area contributed by atoms with Gasteiger partial charge in [-0.2, -0.15) is 0 Å². The number of ether oxygens (including phenoxy) is 2. The van der Waals surface area contributed by atoms with Crippen LogP contribution in [0.25, 0.3) is 0 Å². The largest absolute Gasteiger partial charge is 0.493 e. The monoisotopic (exact) mass is 303 g/mol. The summed E-state index contributed by atoms with van der Waals surface area (Å²) in [5, 5.41) is 0. The first kappa shape index (κ1) is 15.4. The standard InChI is InChI=1S/C16H17NO3S/c1-11(18)12-4-6-13(7-5-12)21-10-14-16(20-3)15(19-2)8-9-17-14/h4-9H,10H2,1-3H3. The number of carbonyl (C=O) groups is 1. The molecule has 4 nitrogen and oxygen atoms in total. The smallest absolute Gasteiger partial charge is 0.183 e. The molecule has 5 heteroatoms. The molecule has 0 aliphatic rings. The number of benzene rings is 1. The van der Waals surface area contributed by atoms with Gasteiger partial charge in [0.1, 0.15) is 0 Å². The van der Waals surface area contributed by atoms with Crippen LogP contribution in [0.4, 0.5) is 0 Å². The Morgan fingerprint density at radius 1 is 1.14 bits per heavy atom. The summed E-state index contributed by atoms with van der Waals surface area (Å²) in [6, 6.07) is 9.32. The normalized spacial score (nSPS) is 10.2. The summed E-state index contributed by atoms with van der Waals surface area (Å²) in [6.45, 7) is 1.56. The van der Waals surface area contributed by atoms with Gasteiger partial charge in [0, 0.05) is 28.5 Å².